The molecule has 0 spiro atoms. The van der Waals surface area contributed by atoms with Crippen LogP contribution < -0.4 is 5.32 Å². The first kappa shape index (κ1) is 13.2. The minimum atomic E-state index is -1.46. The zero-order valence-electron chi connectivity index (χ0n) is 11.0. The second-order valence-electron chi connectivity index (χ2n) is 4.92. The summed E-state index contributed by atoms with van der Waals surface area (Å²) in [5.74, 6) is -3.86. The number of aromatic nitrogens is 2. The van der Waals surface area contributed by atoms with Gasteiger partial charge in [0.2, 0.25) is 0 Å². The summed E-state index contributed by atoms with van der Waals surface area (Å²) in [4.78, 5) is 0. The van der Waals surface area contributed by atoms with E-state index in [9.17, 15) is 13.2 Å². The molecule has 3 rings (SSSR count). The molecule has 106 valence electrons. The summed E-state index contributed by atoms with van der Waals surface area (Å²) >= 11 is 0. The van der Waals surface area contributed by atoms with E-state index in [1.807, 2.05) is 7.05 Å². The molecule has 1 aromatic carbocycles. The Kier molecular flexibility index (Phi) is 3.25. The first-order valence-electron chi connectivity index (χ1n) is 6.50. The maximum absolute atomic E-state index is 13.3. The molecule has 0 fully saturated rings. The first-order valence-corrected chi connectivity index (χ1v) is 6.50. The molecule has 0 radical (unpaired) electrons. The summed E-state index contributed by atoms with van der Waals surface area (Å²) in [7, 11) is 1.87. The van der Waals surface area contributed by atoms with Crippen molar-refractivity contribution in [1.29, 1.82) is 0 Å². The van der Waals surface area contributed by atoms with Crippen molar-refractivity contribution in [3.05, 3.63) is 47.0 Å². The monoisotopic (exact) mass is 281 g/mol. The highest BCUT2D eigenvalue weighted by molar-refractivity contribution is 5.38. The molecule has 2 aromatic rings. The van der Waals surface area contributed by atoms with Gasteiger partial charge in [-0.3, -0.25) is 0 Å². The molecule has 1 aromatic heterocycles. The molecule has 0 bridgehead atoms. The van der Waals surface area contributed by atoms with Crippen LogP contribution in [0.1, 0.15) is 30.1 Å². The molecule has 1 aliphatic carbocycles. The van der Waals surface area contributed by atoms with Crippen molar-refractivity contribution in [1.82, 2.24) is 15.1 Å². The van der Waals surface area contributed by atoms with Crippen LogP contribution in [0.3, 0.4) is 0 Å². The highest BCUT2D eigenvalue weighted by Crippen LogP contribution is 2.31. The number of hydrogen-bond donors (Lipinski definition) is 1. The summed E-state index contributed by atoms with van der Waals surface area (Å²) in [6, 6.07) is 2.13. The van der Waals surface area contributed by atoms with Crippen LogP contribution >= 0.6 is 0 Å². The van der Waals surface area contributed by atoms with E-state index in [1.165, 1.54) is 4.68 Å². The second-order valence-corrected chi connectivity index (χ2v) is 4.92. The Morgan fingerprint density at radius 3 is 2.60 bits per heavy atom. The van der Waals surface area contributed by atoms with Gasteiger partial charge >= 0.3 is 0 Å². The van der Waals surface area contributed by atoms with Crippen LogP contribution in [0.5, 0.6) is 0 Å². The standard InChI is InChI=1S/C14H14F3N3/c1-18-12-3-2-4-13-9(12)7-19-20(13)8-5-10(15)14(17)11(16)6-8/h5-7,12,18H,2-4H2,1H3. The fourth-order valence-corrected chi connectivity index (χ4v) is 2.74. The van der Waals surface area contributed by atoms with E-state index in [0.29, 0.717) is 0 Å². The summed E-state index contributed by atoms with van der Waals surface area (Å²) in [6.07, 6.45) is 4.46. The van der Waals surface area contributed by atoms with Crippen molar-refractivity contribution in [2.75, 3.05) is 7.05 Å². The van der Waals surface area contributed by atoms with Gasteiger partial charge in [-0.1, -0.05) is 0 Å². The molecule has 0 amide bonds. The van der Waals surface area contributed by atoms with Gasteiger partial charge in [0.1, 0.15) is 0 Å². The SMILES string of the molecule is CNC1CCCc2c1cnn2-c1cc(F)c(F)c(F)c1. The Balaban J connectivity index is 2.10. The van der Waals surface area contributed by atoms with Gasteiger partial charge in [-0.2, -0.15) is 5.10 Å². The average molecular weight is 281 g/mol. The average Bonchev–Trinajstić information content (AvgIpc) is 2.88. The number of hydrogen-bond acceptors (Lipinski definition) is 2. The summed E-state index contributed by atoms with van der Waals surface area (Å²) in [5, 5.41) is 7.39. The molecule has 1 atom stereocenters. The quantitative estimate of drug-likeness (QED) is 0.858. The molecule has 1 heterocycles. The van der Waals surface area contributed by atoms with E-state index < -0.39 is 17.5 Å². The maximum Gasteiger partial charge on any atom is 0.194 e. The number of halogens is 3. The van der Waals surface area contributed by atoms with Gasteiger partial charge in [0.25, 0.3) is 0 Å². The zero-order valence-corrected chi connectivity index (χ0v) is 11.0. The smallest absolute Gasteiger partial charge is 0.194 e. The van der Waals surface area contributed by atoms with E-state index in [2.05, 4.69) is 10.4 Å². The van der Waals surface area contributed by atoms with E-state index in [-0.39, 0.29) is 11.7 Å². The molecule has 6 heteroatoms. The highest BCUT2D eigenvalue weighted by Gasteiger charge is 2.24. The van der Waals surface area contributed by atoms with E-state index in [1.54, 1.807) is 6.20 Å². The van der Waals surface area contributed by atoms with Crippen molar-refractivity contribution in [2.45, 2.75) is 25.3 Å². The summed E-state index contributed by atoms with van der Waals surface area (Å²) < 4.78 is 41.2. The number of fused-ring (bicyclic) bond motifs is 1. The van der Waals surface area contributed by atoms with Crippen LogP contribution in [0.25, 0.3) is 5.69 Å². The van der Waals surface area contributed by atoms with E-state index in [0.717, 1.165) is 42.7 Å². The number of rotatable bonds is 2. The van der Waals surface area contributed by atoms with Gasteiger partial charge in [-0.15, -0.1) is 0 Å². The normalized spacial score (nSPS) is 18.1. The number of nitrogens with zero attached hydrogens (tertiary/aromatic N) is 2. The molecule has 20 heavy (non-hydrogen) atoms. The Bertz CT molecular complexity index is 628. The number of benzene rings is 1. The number of nitrogens with one attached hydrogen (secondary N) is 1. The van der Waals surface area contributed by atoms with Gasteiger partial charge < -0.3 is 5.32 Å². The molecule has 1 unspecified atom stereocenters. The lowest BCUT2D eigenvalue weighted by Crippen LogP contribution is -2.21. The highest BCUT2D eigenvalue weighted by atomic mass is 19.2. The third-order valence-electron chi connectivity index (χ3n) is 3.74. The fraction of sp³-hybridized carbons (Fsp3) is 0.357. The lowest BCUT2D eigenvalue weighted by molar-refractivity contribution is 0.445. The van der Waals surface area contributed by atoms with Gasteiger partial charge in [0.15, 0.2) is 17.5 Å². The van der Waals surface area contributed by atoms with Crippen molar-refractivity contribution in [3.8, 4) is 5.69 Å². The third kappa shape index (κ3) is 2.00. The van der Waals surface area contributed by atoms with Crippen LogP contribution in [-0.4, -0.2) is 16.8 Å². The largest absolute Gasteiger partial charge is 0.313 e. The van der Waals surface area contributed by atoms with Gasteiger partial charge in [-0.25, -0.2) is 17.9 Å². The second kappa shape index (κ2) is 4.94. The van der Waals surface area contributed by atoms with Crippen molar-refractivity contribution in [2.24, 2.45) is 0 Å². The fourth-order valence-electron chi connectivity index (χ4n) is 2.74. The van der Waals surface area contributed by atoms with Crippen LogP contribution in [-0.2, 0) is 6.42 Å². The maximum atomic E-state index is 13.3. The predicted octanol–water partition coefficient (Wildman–Crippen LogP) is 2.89. The third-order valence-corrected chi connectivity index (χ3v) is 3.74. The molecule has 1 aliphatic rings. The van der Waals surface area contributed by atoms with Crippen LogP contribution in [0.4, 0.5) is 13.2 Å². The molecule has 3 nitrogen and oxygen atoms in total. The molecule has 0 saturated heterocycles. The van der Waals surface area contributed by atoms with Crippen LogP contribution in [0.15, 0.2) is 18.3 Å². The van der Waals surface area contributed by atoms with Gasteiger partial charge in [-0.05, 0) is 26.3 Å². The Labute approximate surface area is 114 Å². The first-order chi connectivity index (χ1) is 9.61. The van der Waals surface area contributed by atoms with Crippen LogP contribution in [0.2, 0.25) is 0 Å². The Hall–Kier alpha value is -1.82. The van der Waals surface area contributed by atoms with Crippen molar-refractivity contribution in [3.63, 3.8) is 0 Å². The minimum Gasteiger partial charge on any atom is -0.313 e. The van der Waals surface area contributed by atoms with Crippen LogP contribution in [0, 0.1) is 17.5 Å². The Morgan fingerprint density at radius 1 is 1.25 bits per heavy atom. The Morgan fingerprint density at radius 2 is 1.95 bits per heavy atom. The predicted molar refractivity (Wildman–Crippen MR) is 68.2 cm³/mol. The van der Waals surface area contributed by atoms with E-state index in [4.69, 9.17) is 0 Å². The topological polar surface area (TPSA) is 29.9 Å². The molecule has 0 saturated carbocycles. The zero-order chi connectivity index (χ0) is 14.3. The summed E-state index contributed by atoms with van der Waals surface area (Å²) in [5.41, 5.74) is 2.16. The lowest BCUT2D eigenvalue weighted by Gasteiger charge is -2.22. The van der Waals surface area contributed by atoms with E-state index >= 15 is 0 Å². The molecular formula is C14H14F3N3. The molecular weight excluding hydrogens is 267 g/mol. The summed E-state index contributed by atoms with van der Waals surface area (Å²) in [6.45, 7) is 0. The lowest BCUT2D eigenvalue weighted by atomic mass is 9.93. The van der Waals surface area contributed by atoms with Crippen molar-refractivity contribution < 1.29 is 13.2 Å². The molecule has 0 aliphatic heterocycles. The van der Waals surface area contributed by atoms with Crippen molar-refractivity contribution >= 4 is 0 Å². The van der Waals surface area contributed by atoms with Gasteiger partial charge in [0.05, 0.1) is 11.9 Å². The van der Waals surface area contributed by atoms with Gasteiger partial charge in [0, 0.05) is 29.4 Å². The molecule has 1 N–H and O–H groups in total. The minimum absolute atomic E-state index is 0.197.